The molecule has 1 unspecified atom stereocenters. The normalized spacial score (nSPS) is 18.1. The van der Waals surface area contributed by atoms with Gasteiger partial charge in [-0.3, -0.25) is 9.78 Å². The molecule has 0 fully saturated rings. The van der Waals surface area contributed by atoms with Crippen molar-refractivity contribution in [2.75, 3.05) is 7.11 Å². The first kappa shape index (κ1) is 17.5. The maximum absolute atomic E-state index is 12.9. The zero-order valence-electron chi connectivity index (χ0n) is 14.0. The van der Waals surface area contributed by atoms with Crippen molar-refractivity contribution in [3.8, 4) is 5.75 Å². The van der Waals surface area contributed by atoms with Crippen molar-refractivity contribution in [2.24, 2.45) is 5.92 Å². The number of alkyl halides is 3. The first-order valence-electron chi connectivity index (χ1n) is 8.04. The molecule has 1 aromatic carbocycles. The van der Waals surface area contributed by atoms with Crippen molar-refractivity contribution in [1.82, 2.24) is 4.98 Å². The predicted octanol–water partition coefficient (Wildman–Crippen LogP) is 5.19. The molecule has 0 N–H and O–H groups in total. The number of carbonyl (C=O) groups excluding carboxylic acids is 1. The van der Waals surface area contributed by atoms with E-state index in [1.165, 1.54) is 20.2 Å². The van der Waals surface area contributed by atoms with Gasteiger partial charge in [-0.05, 0) is 50.0 Å². The molecular formula is C19H18F3NO2. The van der Waals surface area contributed by atoms with Gasteiger partial charge in [-0.15, -0.1) is 0 Å². The van der Waals surface area contributed by atoms with Crippen LogP contribution in [0.15, 0.2) is 30.5 Å². The molecule has 132 valence electrons. The molecule has 1 aliphatic carbocycles. The molecule has 1 aliphatic rings. The maximum Gasteiger partial charge on any atom is 0.392 e. The number of rotatable bonds is 3. The zero-order chi connectivity index (χ0) is 18.2. The summed E-state index contributed by atoms with van der Waals surface area (Å²) in [5.41, 5.74) is 2.77. The molecule has 0 amide bonds. The Morgan fingerprint density at radius 1 is 1.28 bits per heavy atom. The number of ether oxygens (including phenoxy) is 1. The lowest BCUT2D eigenvalue weighted by atomic mass is 9.85. The van der Waals surface area contributed by atoms with E-state index in [1.807, 2.05) is 0 Å². The van der Waals surface area contributed by atoms with Crippen LogP contribution in [-0.2, 0) is 0 Å². The lowest BCUT2D eigenvalue weighted by Crippen LogP contribution is -2.24. The van der Waals surface area contributed by atoms with Crippen LogP contribution in [0.3, 0.4) is 0 Å². The van der Waals surface area contributed by atoms with Crippen molar-refractivity contribution in [3.05, 3.63) is 41.6 Å². The quantitative estimate of drug-likeness (QED) is 0.716. The first-order valence-corrected chi connectivity index (χ1v) is 8.04. The number of halogens is 3. The Morgan fingerprint density at radius 2 is 2.04 bits per heavy atom. The number of pyridine rings is 1. The van der Waals surface area contributed by atoms with Gasteiger partial charge in [0.1, 0.15) is 5.75 Å². The zero-order valence-corrected chi connectivity index (χ0v) is 14.0. The minimum absolute atomic E-state index is 0.0247. The molecule has 0 saturated heterocycles. The van der Waals surface area contributed by atoms with E-state index in [2.05, 4.69) is 4.98 Å². The van der Waals surface area contributed by atoms with E-state index in [4.69, 9.17) is 4.74 Å². The molecule has 0 bridgehead atoms. The molecule has 3 rings (SSSR count). The second-order valence-electron chi connectivity index (χ2n) is 6.27. The summed E-state index contributed by atoms with van der Waals surface area (Å²) >= 11 is 0. The van der Waals surface area contributed by atoms with Crippen LogP contribution >= 0.6 is 0 Å². The van der Waals surface area contributed by atoms with Gasteiger partial charge < -0.3 is 4.74 Å². The minimum Gasteiger partial charge on any atom is -0.497 e. The van der Waals surface area contributed by atoms with Crippen LogP contribution in [0.1, 0.15) is 42.1 Å². The molecule has 25 heavy (non-hydrogen) atoms. The van der Waals surface area contributed by atoms with Gasteiger partial charge in [0.25, 0.3) is 0 Å². The number of carbonyl (C=O) groups is 1. The van der Waals surface area contributed by atoms with E-state index < -0.39 is 12.1 Å². The number of methoxy groups -OCH3 is 1. The topological polar surface area (TPSA) is 39.2 Å². The van der Waals surface area contributed by atoms with E-state index in [-0.39, 0.29) is 18.6 Å². The average Bonchev–Trinajstić information content (AvgIpc) is 2.59. The van der Waals surface area contributed by atoms with Gasteiger partial charge in [0.05, 0.1) is 18.5 Å². The van der Waals surface area contributed by atoms with Gasteiger partial charge in [-0.25, -0.2) is 0 Å². The highest BCUT2D eigenvalue weighted by Gasteiger charge is 2.39. The van der Waals surface area contributed by atoms with Crippen LogP contribution < -0.4 is 4.74 Å². The van der Waals surface area contributed by atoms with E-state index in [9.17, 15) is 18.0 Å². The summed E-state index contributed by atoms with van der Waals surface area (Å²) in [6, 6.07) is 5.31. The van der Waals surface area contributed by atoms with Crippen molar-refractivity contribution >= 4 is 22.3 Å². The molecule has 3 nitrogen and oxygen atoms in total. The first-order chi connectivity index (χ1) is 11.8. The summed E-state index contributed by atoms with van der Waals surface area (Å²) in [5.74, 6) is -0.794. The van der Waals surface area contributed by atoms with Gasteiger partial charge in [0.15, 0.2) is 5.78 Å². The van der Waals surface area contributed by atoms with Crippen molar-refractivity contribution < 1.29 is 22.7 Å². The highest BCUT2D eigenvalue weighted by atomic mass is 19.4. The predicted molar refractivity (Wildman–Crippen MR) is 89.7 cm³/mol. The summed E-state index contributed by atoms with van der Waals surface area (Å²) in [4.78, 5) is 16.0. The molecule has 0 saturated carbocycles. The number of ketones is 1. The largest absolute Gasteiger partial charge is 0.497 e. The van der Waals surface area contributed by atoms with Crippen LogP contribution in [-0.4, -0.2) is 24.1 Å². The summed E-state index contributed by atoms with van der Waals surface area (Å²) < 4.78 is 43.9. The molecule has 0 radical (unpaired) electrons. The van der Waals surface area contributed by atoms with Gasteiger partial charge in [0, 0.05) is 22.7 Å². The lowest BCUT2D eigenvalue weighted by Gasteiger charge is -2.24. The Hall–Kier alpha value is -2.37. The summed E-state index contributed by atoms with van der Waals surface area (Å²) in [5, 5.41) is 0.737. The number of hydrogen-bond donors (Lipinski definition) is 0. The van der Waals surface area contributed by atoms with E-state index in [0.717, 1.165) is 16.5 Å². The third-order valence-corrected chi connectivity index (χ3v) is 4.62. The summed E-state index contributed by atoms with van der Waals surface area (Å²) in [6.45, 7) is 1.46. The molecule has 1 heterocycles. The smallest absolute Gasteiger partial charge is 0.392 e. The standard InChI is InChI=1S/C19H18F3NO2/c1-11(24)14-7-13-8-16(25-2)9-17(18(13)23-10-14)12-3-5-15(6-4-12)19(20,21)22/h3,7-10,15H,4-6H2,1-2H3. The second kappa shape index (κ2) is 6.50. The van der Waals surface area contributed by atoms with E-state index >= 15 is 0 Å². The Bertz CT molecular complexity index is 856. The van der Waals surface area contributed by atoms with Crippen LogP contribution in [0, 0.1) is 5.92 Å². The van der Waals surface area contributed by atoms with Crippen LogP contribution in [0.4, 0.5) is 13.2 Å². The molecular weight excluding hydrogens is 331 g/mol. The lowest BCUT2D eigenvalue weighted by molar-refractivity contribution is -0.175. The summed E-state index contributed by atoms with van der Waals surface area (Å²) in [7, 11) is 1.53. The van der Waals surface area contributed by atoms with Crippen molar-refractivity contribution in [3.63, 3.8) is 0 Å². The highest BCUT2D eigenvalue weighted by molar-refractivity contribution is 5.99. The molecule has 1 atom stereocenters. The van der Waals surface area contributed by atoms with Gasteiger partial charge >= 0.3 is 6.18 Å². The van der Waals surface area contributed by atoms with Crippen molar-refractivity contribution in [2.45, 2.75) is 32.4 Å². The van der Waals surface area contributed by atoms with Crippen LogP contribution in [0.2, 0.25) is 0 Å². The number of allylic oxidation sites excluding steroid dienone is 2. The number of fused-ring (bicyclic) bond motifs is 1. The fraction of sp³-hybridized carbons (Fsp3) is 0.368. The highest BCUT2D eigenvalue weighted by Crippen LogP contribution is 2.41. The second-order valence-corrected chi connectivity index (χ2v) is 6.27. The van der Waals surface area contributed by atoms with Crippen LogP contribution in [0.5, 0.6) is 5.75 Å². The van der Waals surface area contributed by atoms with Gasteiger partial charge in [0.2, 0.25) is 0 Å². The minimum atomic E-state index is -4.16. The Labute approximate surface area is 143 Å². The fourth-order valence-corrected chi connectivity index (χ4v) is 3.15. The molecule has 1 aromatic heterocycles. The monoisotopic (exact) mass is 349 g/mol. The maximum atomic E-state index is 12.9. The summed E-state index contributed by atoms with van der Waals surface area (Å²) in [6.07, 6.45) is -0.628. The third kappa shape index (κ3) is 3.52. The van der Waals surface area contributed by atoms with Crippen LogP contribution in [0.25, 0.3) is 16.5 Å². The van der Waals surface area contributed by atoms with Gasteiger partial charge in [-0.2, -0.15) is 13.2 Å². The molecule has 0 aliphatic heterocycles. The molecule has 6 heteroatoms. The van der Waals surface area contributed by atoms with E-state index in [0.29, 0.717) is 23.3 Å². The number of Topliss-reactive ketones (excluding diaryl/α,β-unsaturated/α-hetero) is 1. The number of nitrogens with zero attached hydrogens (tertiary/aromatic N) is 1. The average molecular weight is 349 g/mol. The number of benzene rings is 1. The Morgan fingerprint density at radius 3 is 2.60 bits per heavy atom. The van der Waals surface area contributed by atoms with Gasteiger partial charge in [-0.1, -0.05) is 6.08 Å². The molecule has 0 spiro atoms. The third-order valence-electron chi connectivity index (χ3n) is 4.62. The van der Waals surface area contributed by atoms with E-state index in [1.54, 1.807) is 24.3 Å². The Kier molecular flexibility index (Phi) is 4.54. The Balaban J connectivity index is 2.07. The van der Waals surface area contributed by atoms with Crippen molar-refractivity contribution in [1.29, 1.82) is 0 Å². The number of hydrogen-bond acceptors (Lipinski definition) is 3. The fourth-order valence-electron chi connectivity index (χ4n) is 3.15. The number of aromatic nitrogens is 1. The SMILES string of the molecule is COc1cc(C2=CCC(C(F)(F)F)CC2)c2ncc(C(C)=O)cc2c1. The molecule has 2 aromatic rings.